The van der Waals surface area contributed by atoms with Crippen molar-refractivity contribution in [3.8, 4) is 11.5 Å². The van der Waals surface area contributed by atoms with Gasteiger partial charge in [0.15, 0.2) is 14.6 Å². The predicted molar refractivity (Wildman–Crippen MR) is 172 cm³/mol. The number of aliphatic hydroxyl groups is 1. The van der Waals surface area contributed by atoms with E-state index in [1.165, 1.54) is 0 Å². The topological polar surface area (TPSA) is 84.8 Å². The van der Waals surface area contributed by atoms with Crippen LogP contribution in [0, 0.1) is 0 Å². The first-order chi connectivity index (χ1) is 21.0. The van der Waals surface area contributed by atoms with Gasteiger partial charge in [-0.25, -0.2) is 0 Å². The molecule has 1 heterocycles. The maximum Gasteiger partial charge on any atom is 0.192 e. The van der Waals surface area contributed by atoms with Crippen LogP contribution in [0.25, 0.3) is 0 Å². The largest absolute Gasteiger partial charge is 0.497 e. The van der Waals surface area contributed by atoms with Crippen LogP contribution in [0.15, 0.2) is 78.9 Å². The molecule has 1 saturated heterocycles. The highest BCUT2D eigenvalue weighted by Crippen LogP contribution is 2.38. The van der Waals surface area contributed by atoms with E-state index in [4.69, 9.17) is 32.8 Å². The van der Waals surface area contributed by atoms with Gasteiger partial charge in [-0.2, -0.15) is 0 Å². The summed E-state index contributed by atoms with van der Waals surface area (Å²) < 4.78 is 43.0. The Morgan fingerprint density at radius 3 is 1.59 bits per heavy atom. The van der Waals surface area contributed by atoms with E-state index in [1.807, 2.05) is 78.9 Å². The van der Waals surface area contributed by atoms with Crippen LogP contribution >= 0.6 is 0 Å². The molecule has 5 atom stereocenters. The molecule has 4 rings (SSSR count). The lowest BCUT2D eigenvalue weighted by Crippen LogP contribution is -2.61. The minimum absolute atomic E-state index is 0.00529. The second-order valence-corrected chi connectivity index (χ2v) is 17.5. The third-order valence-electron chi connectivity index (χ3n) is 8.51. The molecule has 9 heteroatoms. The third kappa shape index (κ3) is 9.14. The van der Waals surface area contributed by atoms with Crippen molar-refractivity contribution in [1.29, 1.82) is 0 Å². The molecule has 3 aromatic carbocycles. The Morgan fingerprint density at radius 2 is 1.11 bits per heavy atom. The van der Waals surface area contributed by atoms with E-state index >= 15 is 0 Å². The first-order valence-corrected chi connectivity index (χ1v) is 18.0. The van der Waals surface area contributed by atoms with Crippen molar-refractivity contribution < 1.29 is 38.0 Å². The lowest BCUT2D eigenvalue weighted by atomic mass is 9.98. The summed E-state index contributed by atoms with van der Waals surface area (Å²) in [6, 6.07) is 25.3. The standard InChI is InChI=1S/C35H48O8Si/c1-35(2,3)44(6,7)42-24-30-31(39-22-26-13-17-28(37-4)18-14-26)32(40-23-27-15-19-29(38-5)20-16-27)33(34(36)43-30)41-21-25-11-9-8-10-12-25/h8-20,30-34,36H,21-24H2,1-7H3/t30-,31-,32+,33-,34+/m1/s1. The summed E-state index contributed by atoms with van der Waals surface area (Å²) in [4.78, 5) is 0. The van der Waals surface area contributed by atoms with Gasteiger partial charge in [0.1, 0.15) is 35.9 Å². The van der Waals surface area contributed by atoms with Crippen molar-refractivity contribution in [3.63, 3.8) is 0 Å². The molecule has 0 spiro atoms. The molecule has 1 aliphatic heterocycles. The van der Waals surface area contributed by atoms with Gasteiger partial charge in [0, 0.05) is 0 Å². The summed E-state index contributed by atoms with van der Waals surface area (Å²) in [5, 5.41) is 11.4. The zero-order chi connectivity index (χ0) is 31.7. The quantitative estimate of drug-likeness (QED) is 0.204. The second kappa shape index (κ2) is 15.5. The van der Waals surface area contributed by atoms with Gasteiger partial charge in [-0.3, -0.25) is 0 Å². The van der Waals surface area contributed by atoms with E-state index < -0.39 is 39.0 Å². The normalized spacial score (nSPS) is 22.5. The third-order valence-corrected chi connectivity index (χ3v) is 13.0. The summed E-state index contributed by atoms with van der Waals surface area (Å²) >= 11 is 0. The lowest BCUT2D eigenvalue weighted by molar-refractivity contribution is -0.314. The number of ether oxygens (including phenoxy) is 6. The van der Waals surface area contributed by atoms with Gasteiger partial charge in [-0.05, 0) is 59.1 Å². The molecule has 0 amide bonds. The molecule has 0 bridgehead atoms. The Bertz CT molecular complexity index is 1260. The zero-order valence-electron chi connectivity index (χ0n) is 27.0. The zero-order valence-corrected chi connectivity index (χ0v) is 28.0. The Kier molecular flexibility index (Phi) is 12.0. The molecule has 0 unspecified atom stereocenters. The van der Waals surface area contributed by atoms with Gasteiger partial charge >= 0.3 is 0 Å². The highest BCUT2D eigenvalue weighted by Gasteiger charge is 2.49. The predicted octanol–water partition coefficient (Wildman–Crippen LogP) is 6.50. The molecule has 1 aliphatic rings. The summed E-state index contributed by atoms with van der Waals surface area (Å²) in [7, 11) is 1.15. The molecule has 0 saturated carbocycles. The molecular formula is C35H48O8Si. The highest BCUT2D eigenvalue weighted by molar-refractivity contribution is 6.74. The van der Waals surface area contributed by atoms with Crippen LogP contribution in [0.5, 0.6) is 11.5 Å². The molecule has 1 N–H and O–H groups in total. The SMILES string of the molecule is COc1ccc(CO[C@@H]2[C@@H](OCc3ccccc3)[C@@H](O)O[C@H](CO[Si](C)(C)C(C)(C)C)[C@H]2OCc2ccc(OC)cc2)cc1. The summed E-state index contributed by atoms with van der Waals surface area (Å²) in [6.07, 6.45) is -3.89. The first kappa shape index (κ1) is 34.1. The molecule has 0 aliphatic carbocycles. The average molecular weight is 625 g/mol. The van der Waals surface area contributed by atoms with Crippen LogP contribution in [-0.2, 0) is 43.2 Å². The van der Waals surface area contributed by atoms with Crippen molar-refractivity contribution in [2.45, 2.75) is 89.4 Å². The molecule has 0 radical (unpaired) electrons. The molecule has 1 fully saturated rings. The van der Waals surface area contributed by atoms with Gasteiger partial charge < -0.3 is 38.0 Å². The number of hydrogen-bond donors (Lipinski definition) is 1. The van der Waals surface area contributed by atoms with Gasteiger partial charge in [-0.1, -0.05) is 75.4 Å². The monoisotopic (exact) mass is 624 g/mol. The molecular weight excluding hydrogens is 576 g/mol. The number of hydrogen-bond acceptors (Lipinski definition) is 8. The molecule has 0 aromatic heterocycles. The van der Waals surface area contributed by atoms with Gasteiger partial charge in [0.2, 0.25) is 0 Å². The Labute approximate surface area is 263 Å². The summed E-state index contributed by atoms with van der Waals surface area (Å²) in [5.41, 5.74) is 2.90. The number of benzene rings is 3. The fourth-order valence-electron chi connectivity index (χ4n) is 4.70. The van der Waals surface area contributed by atoms with Crippen LogP contribution in [0.2, 0.25) is 18.1 Å². The van der Waals surface area contributed by atoms with Crippen molar-refractivity contribution in [2.75, 3.05) is 20.8 Å². The van der Waals surface area contributed by atoms with Crippen molar-refractivity contribution in [3.05, 3.63) is 95.6 Å². The summed E-state index contributed by atoms with van der Waals surface area (Å²) in [5.74, 6) is 1.54. The molecule has 3 aromatic rings. The number of methoxy groups -OCH3 is 2. The number of rotatable bonds is 14. The van der Waals surface area contributed by atoms with Crippen LogP contribution < -0.4 is 9.47 Å². The average Bonchev–Trinajstić information content (AvgIpc) is 3.02. The van der Waals surface area contributed by atoms with Gasteiger partial charge in [0.05, 0.1) is 40.6 Å². The molecule has 8 nitrogen and oxygen atoms in total. The van der Waals surface area contributed by atoms with E-state index in [0.29, 0.717) is 6.61 Å². The minimum atomic E-state index is -2.13. The molecule has 44 heavy (non-hydrogen) atoms. The lowest BCUT2D eigenvalue weighted by Gasteiger charge is -2.46. The Morgan fingerprint density at radius 1 is 0.659 bits per heavy atom. The van der Waals surface area contributed by atoms with Crippen LogP contribution in [0.1, 0.15) is 37.5 Å². The fourth-order valence-corrected chi connectivity index (χ4v) is 5.71. The van der Waals surface area contributed by atoms with E-state index in [2.05, 4.69) is 33.9 Å². The smallest absolute Gasteiger partial charge is 0.192 e. The fraction of sp³-hybridized carbons (Fsp3) is 0.486. The van der Waals surface area contributed by atoms with Gasteiger partial charge in [-0.15, -0.1) is 0 Å². The first-order valence-electron chi connectivity index (χ1n) is 15.1. The van der Waals surface area contributed by atoms with Crippen LogP contribution in [-0.4, -0.2) is 65.0 Å². The van der Waals surface area contributed by atoms with Crippen LogP contribution in [0.4, 0.5) is 0 Å². The Balaban J connectivity index is 1.61. The van der Waals surface area contributed by atoms with Crippen molar-refractivity contribution >= 4 is 8.32 Å². The van der Waals surface area contributed by atoms with E-state index in [-0.39, 0.29) is 24.9 Å². The van der Waals surface area contributed by atoms with E-state index in [9.17, 15) is 5.11 Å². The minimum Gasteiger partial charge on any atom is -0.497 e. The van der Waals surface area contributed by atoms with E-state index in [1.54, 1.807) is 14.2 Å². The van der Waals surface area contributed by atoms with Gasteiger partial charge in [0.25, 0.3) is 0 Å². The Hall–Kier alpha value is -2.76. The van der Waals surface area contributed by atoms with Crippen molar-refractivity contribution in [2.24, 2.45) is 0 Å². The van der Waals surface area contributed by atoms with E-state index in [0.717, 1.165) is 28.2 Å². The highest BCUT2D eigenvalue weighted by atomic mass is 28.4. The van der Waals surface area contributed by atoms with Crippen LogP contribution in [0.3, 0.4) is 0 Å². The number of aliphatic hydroxyl groups excluding tert-OH is 1. The van der Waals surface area contributed by atoms with Crippen molar-refractivity contribution in [1.82, 2.24) is 0 Å². The second-order valence-electron chi connectivity index (χ2n) is 12.6. The maximum absolute atomic E-state index is 11.3. The molecule has 240 valence electrons. The summed E-state index contributed by atoms with van der Waals surface area (Å²) in [6.45, 7) is 12.1. The maximum atomic E-state index is 11.3.